The first kappa shape index (κ1) is 16.5. The average molecular weight is 292 g/mol. The molecule has 0 bridgehead atoms. The van der Waals surface area contributed by atoms with E-state index in [1.807, 2.05) is 17.8 Å². The minimum atomic E-state index is 0.0206. The van der Waals surface area contributed by atoms with Crippen LogP contribution in [-0.4, -0.2) is 31.1 Å². The van der Waals surface area contributed by atoms with Gasteiger partial charge in [0.2, 0.25) is 5.91 Å². The molecule has 1 amide bonds. The normalized spacial score (nSPS) is 10.0. The van der Waals surface area contributed by atoms with Gasteiger partial charge in [-0.3, -0.25) is 4.79 Å². The minimum Gasteiger partial charge on any atom is -0.385 e. The summed E-state index contributed by atoms with van der Waals surface area (Å²) in [7, 11) is 1.71. The summed E-state index contributed by atoms with van der Waals surface area (Å²) in [5, 5.41) is 11.5. The van der Waals surface area contributed by atoms with Gasteiger partial charge in [-0.2, -0.15) is 17.0 Å². The molecule has 0 saturated carbocycles. The Morgan fingerprint density at radius 2 is 2.00 bits per heavy atom. The first-order valence-corrected chi connectivity index (χ1v) is 7.78. The molecule has 108 valence electrons. The number of rotatable bonds is 9. The smallest absolute Gasteiger partial charge is 0.224 e. The molecule has 0 atom stereocenters. The van der Waals surface area contributed by atoms with Crippen LogP contribution in [0, 0.1) is 11.3 Å². The van der Waals surface area contributed by atoms with Gasteiger partial charge in [0.25, 0.3) is 0 Å². The maximum atomic E-state index is 11.7. The molecular formula is C15H20N2O2S. The lowest BCUT2D eigenvalue weighted by Gasteiger charge is -2.05. The molecule has 0 heterocycles. The molecule has 0 aromatic heterocycles. The Labute approximate surface area is 124 Å². The van der Waals surface area contributed by atoms with E-state index in [1.54, 1.807) is 31.4 Å². The van der Waals surface area contributed by atoms with Crippen molar-refractivity contribution >= 4 is 23.4 Å². The number of nitriles is 1. The van der Waals surface area contributed by atoms with Gasteiger partial charge in [0, 0.05) is 25.8 Å². The molecule has 0 spiro atoms. The van der Waals surface area contributed by atoms with E-state index in [0.29, 0.717) is 12.0 Å². The van der Waals surface area contributed by atoms with Crippen LogP contribution in [0.15, 0.2) is 24.3 Å². The van der Waals surface area contributed by atoms with E-state index in [-0.39, 0.29) is 5.91 Å². The number of benzene rings is 1. The van der Waals surface area contributed by atoms with Crippen molar-refractivity contribution in [3.8, 4) is 6.07 Å². The number of carbonyl (C=O) groups is 1. The lowest BCUT2D eigenvalue weighted by atomic mass is 10.2. The SMILES string of the molecule is COCCCSCCCC(=O)Nc1ccc(C#N)cc1. The van der Waals surface area contributed by atoms with E-state index in [2.05, 4.69) is 5.32 Å². The minimum absolute atomic E-state index is 0.0206. The quantitative estimate of drug-likeness (QED) is 0.711. The monoisotopic (exact) mass is 292 g/mol. The lowest BCUT2D eigenvalue weighted by Crippen LogP contribution is -2.11. The highest BCUT2D eigenvalue weighted by Crippen LogP contribution is 2.11. The van der Waals surface area contributed by atoms with Crippen molar-refractivity contribution in [2.75, 3.05) is 30.5 Å². The predicted molar refractivity (Wildman–Crippen MR) is 82.8 cm³/mol. The van der Waals surface area contributed by atoms with Crippen LogP contribution in [-0.2, 0) is 9.53 Å². The summed E-state index contributed by atoms with van der Waals surface area (Å²) in [5.74, 6) is 2.09. The van der Waals surface area contributed by atoms with Crippen molar-refractivity contribution < 1.29 is 9.53 Å². The zero-order valence-corrected chi connectivity index (χ0v) is 12.5. The third kappa shape index (κ3) is 7.17. The van der Waals surface area contributed by atoms with Crippen LogP contribution in [0.4, 0.5) is 5.69 Å². The average Bonchev–Trinajstić information content (AvgIpc) is 2.47. The second-order valence-electron chi connectivity index (χ2n) is 4.30. The van der Waals surface area contributed by atoms with Gasteiger partial charge in [-0.25, -0.2) is 0 Å². The number of thioether (sulfide) groups is 1. The molecule has 0 fully saturated rings. The Morgan fingerprint density at radius 1 is 1.30 bits per heavy atom. The number of anilines is 1. The highest BCUT2D eigenvalue weighted by Gasteiger charge is 2.02. The summed E-state index contributed by atoms with van der Waals surface area (Å²) in [5.41, 5.74) is 1.33. The first-order chi connectivity index (χ1) is 9.76. The van der Waals surface area contributed by atoms with Gasteiger partial charge in [0.05, 0.1) is 11.6 Å². The fourth-order valence-corrected chi connectivity index (χ4v) is 2.47. The highest BCUT2D eigenvalue weighted by molar-refractivity contribution is 7.99. The Bertz CT molecular complexity index is 440. The van der Waals surface area contributed by atoms with Crippen molar-refractivity contribution in [3.63, 3.8) is 0 Å². The fourth-order valence-electron chi connectivity index (χ4n) is 1.59. The largest absolute Gasteiger partial charge is 0.385 e. The van der Waals surface area contributed by atoms with Crippen LogP contribution in [0.5, 0.6) is 0 Å². The van der Waals surface area contributed by atoms with Crippen molar-refractivity contribution in [3.05, 3.63) is 29.8 Å². The maximum absolute atomic E-state index is 11.7. The van der Waals surface area contributed by atoms with Crippen molar-refractivity contribution in [2.45, 2.75) is 19.3 Å². The Hall–Kier alpha value is -1.51. The topological polar surface area (TPSA) is 62.1 Å². The van der Waals surface area contributed by atoms with Gasteiger partial charge in [-0.05, 0) is 48.6 Å². The zero-order chi connectivity index (χ0) is 14.6. The summed E-state index contributed by atoms with van der Waals surface area (Å²) in [6.07, 6.45) is 2.45. The van der Waals surface area contributed by atoms with Gasteiger partial charge >= 0.3 is 0 Å². The van der Waals surface area contributed by atoms with Crippen LogP contribution < -0.4 is 5.32 Å². The molecule has 0 unspecified atom stereocenters. The number of hydrogen-bond acceptors (Lipinski definition) is 4. The van der Waals surface area contributed by atoms with Gasteiger partial charge in [-0.1, -0.05) is 0 Å². The lowest BCUT2D eigenvalue weighted by molar-refractivity contribution is -0.116. The summed E-state index contributed by atoms with van der Waals surface area (Å²) in [6, 6.07) is 8.93. The molecule has 0 radical (unpaired) electrons. The van der Waals surface area contributed by atoms with Crippen molar-refractivity contribution in [1.29, 1.82) is 5.26 Å². The van der Waals surface area contributed by atoms with Crippen LogP contribution >= 0.6 is 11.8 Å². The molecule has 1 N–H and O–H groups in total. The van der Waals surface area contributed by atoms with E-state index in [9.17, 15) is 4.79 Å². The molecule has 20 heavy (non-hydrogen) atoms. The van der Waals surface area contributed by atoms with Crippen LogP contribution in [0.2, 0.25) is 0 Å². The van der Waals surface area contributed by atoms with E-state index < -0.39 is 0 Å². The number of ether oxygens (including phenoxy) is 1. The predicted octanol–water partition coefficient (Wildman–Crippen LogP) is 3.05. The second-order valence-corrected chi connectivity index (χ2v) is 5.52. The van der Waals surface area contributed by atoms with Gasteiger partial charge in [-0.15, -0.1) is 0 Å². The first-order valence-electron chi connectivity index (χ1n) is 6.63. The number of carbonyl (C=O) groups excluding carboxylic acids is 1. The zero-order valence-electron chi connectivity index (χ0n) is 11.7. The molecule has 1 aromatic rings. The molecule has 4 nitrogen and oxygen atoms in total. The van der Waals surface area contributed by atoms with Gasteiger partial charge in [0.15, 0.2) is 0 Å². The number of nitrogens with zero attached hydrogens (tertiary/aromatic N) is 1. The summed E-state index contributed by atoms with van der Waals surface area (Å²) >= 11 is 1.85. The maximum Gasteiger partial charge on any atom is 0.224 e. The fraction of sp³-hybridized carbons (Fsp3) is 0.467. The van der Waals surface area contributed by atoms with Crippen LogP contribution in [0.3, 0.4) is 0 Å². The third-order valence-electron chi connectivity index (χ3n) is 2.63. The Balaban J connectivity index is 2.12. The Kier molecular flexibility index (Phi) is 8.52. The highest BCUT2D eigenvalue weighted by atomic mass is 32.2. The molecule has 1 aromatic carbocycles. The number of hydrogen-bond donors (Lipinski definition) is 1. The van der Waals surface area contributed by atoms with E-state index in [0.717, 1.165) is 36.6 Å². The molecule has 1 rings (SSSR count). The van der Waals surface area contributed by atoms with E-state index >= 15 is 0 Å². The van der Waals surface area contributed by atoms with Crippen LogP contribution in [0.1, 0.15) is 24.8 Å². The summed E-state index contributed by atoms with van der Waals surface area (Å²) in [6.45, 7) is 0.798. The summed E-state index contributed by atoms with van der Waals surface area (Å²) < 4.78 is 4.97. The van der Waals surface area contributed by atoms with Crippen molar-refractivity contribution in [1.82, 2.24) is 0 Å². The molecule has 0 saturated heterocycles. The number of nitrogens with one attached hydrogen (secondary N) is 1. The van der Waals surface area contributed by atoms with Gasteiger partial charge < -0.3 is 10.1 Å². The number of methoxy groups -OCH3 is 1. The van der Waals surface area contributed by atoms with E-state index in [1.165, 1.54) is 0 Å². The molecular weight excluding hydrogens is 272 g/mol. The second kappa shape index (κ2) is 10.3. The molecule has 0 aliphatic heterocycles. The molecule has 0 aliphatic rings. The van der Waals surface area contributed by atoms with Crippen molar-refractivity contribution in [2.24, 2.45) is 0 Å². The third-order valence-corrected chi connectivity index (χ3v) is 3.78. The molecule has 0 aliphatic carbocycles. The molecule has 5 heteroatoms. The van der Waals surface area contributed by atoms with E-state index in [4.69, 9.17) is 10.00 Å². The van der Waals surface area contributed by atoms with Crippen LogP contribution in [0.25, 0.3) is 0 Å². The Morgan fingerprint density at radius 3 is 2.65 bits per heavy atom. The standard InChI is InChI=1S/C15H20N2O2S/c1-19-9-3-11-20-10-2-4-15(18)17-14-7-5-13(12-16)6-8-14/h5-8H,2-4,9-11H2,1H3,(H,17,18). The number of amides is 1. The van der Waals surface area contributed by atoms with Gasteiger partial charge in [0.1, 0.15) is 0 Å². The summed E-state index contributed by atoms with van der Waals surface area (Å²) in [4.78, 5) is 11.7.